The number of aliphatic carboxylic acids is 1. The molecule has 1 aromatic heterocycles. The van der Waals surface area contributed by atoms with Gasteiger partial charge in [0.05, 0.1) is 38.4 Å². The number of hydroxylamine groups is 2. The summed E-state index contributed by atoms with van der Waals surface area (Å²) in [5.41, 5.74) is 3.90. The number of carbonyl (C=O) groups excluding carboxylic acids is 1. The van der Waals surface area contributed by atoms with Gasteiger partial charge in [-0.05, 0) is 50.8 Å². The molecule has 0 aliphatic rings. The van der Waals surface area contributed by atoms with E-state index >= 15 is 0 Å². The highest BCUT2D eigenvalue weighted by Gasteiger charge is 2.28. The van der Waals surface area contributed by atoms with Crippen molar-refractivity contribution in [2.24, 2.45) is 0 Å². The van der Waals surface area contributed by atoms with E-state index in [1.165, 1.54) is 12.2 Å². The number of amides is 1. The van der Waals surface area contributed by atoms with Crippen LogP contribution in [0.15, 0.2) is 24.3 Å². The maximum absolute atomic E-state index is 13.4. The largest absolute Gasteiger partial charge is 0.497 e. The number of aliphatic hydroxyl groups is 2. The van der Waals surface area contributed by atoms with Crippen molar-refractivity contribution >= 4 is 11.9 Å². The predicted molar refractivity (Wildman–Crippen MR) is 128 cm³/mol. The maximum atomic E-state index is 13.4. The summed E-state index contributed by atoms with van der Waals surface area (Å²) in [6.45, 7) is 6.50. The molecule has 9 nitrogen and oxygen atoms in total. The lowest BCUT2D eigenvalue weighted by Gasteiger charge is -2.19. The Labute approximate surface area is 200 Å². The number of ether oxygens (including phenoxy) is 1. The average molecular weight is 477 g/mol. The molecule has 0 saturated heterocycles. The van der Waals surface area contributed by atoms with Gasteiger partial charge in [-0.25, -0.2) is 5.06 Å². The normalized spacial score (nSPS) is 12.9. The van der Waals surface area contributed by atoms with Crippen molar-refractivity contribution in [3.05, 3.63) is 41.2 Å². The van der Waals surface area contributed by atoms with Crippen molar-refractivity contribution in [3.63, 3.8) is 0 Å². The highest BCUT2D eigenvalue weighted by molar-refractivity contribution is 6.02. The Balaban J connectivity index is 2.48. The van der Waals surface area contributed by atoms with Crippen LogP contribution in [0.4, 0.5) is 0 Å². The molecule has 0 unspecified atom stereocenters. The van der Waals surface area contributed by atoms with Crippen LogP contribution in [0.2, 0.25) is 0 Å². The lowest BCUT2D eigenvalue weighted by atomic mass is 9.98. The van der Waals surface area contributed by atoms with Crippen LogP contribution in [0.3, 0.4) is 0 Å². The number of methoxy groups -OCH3 is 1. The Morgan fingerprint density at radius 2 is 1.74 bits per heavy atom. The molecule has 0 radical (unpaired) electrons. The van der Waals surface area contributed by atoms with Gasteiger partial charge in [0.2, 0.25) is 0 Å². The first-order valence-corrected chi connectivity index (χ1v) is 11.5. The summed E-state index contributed by atoms with van der Waals surface area (Å²) in [7, 11) is 3.05. The minimum absolute atomic E-state index is 0.0293. The first kappa shape index (κ1) is 27.4. The van der Waals surface area contributed by atoms with Gasteiger partial charge in [0.25, 0.3) is 5.91 Å². The van der Waals surface area contributed by atoms with Crippen LogP contribution in [0.25, 0.3) is 11.1 Å². The van der Waals surface area contributed by atoms with Gasteiger partial charge in [-0.1, -0.05) is 19.1 Å². The summed E-state index contributed by atoms with van der Waals surface area (Å²) in [5.74, 6) is -0.653. The summed E-state index contributed by atoms with van der Waals surface area (Å²) >= 11 is 0. The minimum Gasteiger partial charge on any atom is -0.497 e. The van der Waals surface area contributed by atoms with Gasteiger partial charge in [0.15, 0.2) is 0 Å². The molecule has 0 saturated carbocycles. The van der Waals surface area contributed by atoms with Crippen LogP contribution in [0, 0.1) is 6.92 Å². The number of carbonyl (C=O) groups is 2. The van der Waals surface area contributed by atoms with E-state index in [9.17, 15) is 19.8 Å². The third-order valence-electron chi connectivity index (χ3n) is 5.93. The van der Waals surface area contributed by atoms with Crippen LogP contribution in [-0.2, 0) is 22.6 Å². The lowest BCUT2D eigenvalue weighted by molar-refractivity contribution is -0.139. The summed E-state index contributed by atoms with van der Waals surface area (Å²) in [4.78, 5) is 29.5. The van der Waals surface area contributed by atoms with Gasteiger partial charge in [0.1, 0.15) is 5.75 Å². The number of rotatable bonds is 13. The number of aliphatic hydroxyl groups excluding tert-OH is 2. The molecule has 34 heavy (non-hydrogen) atoms. The Bertz CT molecular complexity index is 965. The number of hydrogen-bond donors (Lipinski definition) is 3. The Morgan fingerprint density at radius 1 is 1.09 bits per heavy atom. The molecular weight excluding hydrogens is 440 g/mol. The van der Waals surface area contributed by atoms with Gasteiger partial charge in [-0.2, -0.15) is 0 Å². The SMILES string of the molecule is CCc1c(-c2ccc(OC)cc2)c(C(=O)N(CC)OC)c(C)n1CC[C@@H](O)C[C@@H](O)CC(=O)O. The highest BCUT2D eigenvalue weighted by atomic mass is 16.7. The third-order valence-corrected chi connectivity index (χ3v) is 5.93. The highest BCUT2D eigenvalue weighted by Crippen LogP contribution is 2.35. The van der Waals surface area contributed by atoms with E-state index in [-0.39, 0.29) is 12.3 Å². The fraction of sp³-hybridized carbons (Fsp3) is 0.520. The second kappa shape index (κ2) is 12.5. The van der Waals surface area contributed by atoms with Crippen molar-refractivity contribution in [3.8, 4) is 16.9 Å². The van der Waals surface area contributed by atoms with Crippen LogP contribution in [0.1, 0.15) is 54.9 Å². The monoisotopic (exact) mass is 476 g/mol. The molecular formula is C25H36N2O7. The number of hydrogen-bond acceptors (Lipinski definition) is 6. The van der Waals surface area contributed by atoms with E-state index in [1.54, 1.807) is 7.11 Å². The predicted octanol–water partition coefficient (Wildman–Crippen LogP) is 3.03. The molecule has 0 aliphatic heterocycles. The molecule has 9 heteroatoms. The molecule has 1 amide bonds. The van der Waals surface area contributed by atoms with Crippen molar-refractivity contribution in [1.82, 2.24) is 9.63 Å². The van der Waals surface area contributed by atoms with E-state index in [2.05, 4.69) is 0 Å². The molecule has 2 aromatic rings. The smallest absolute Gasteiger partial charge is 0.305 e. The number of benzene rings is 1. The standard InChI is InChI=1S/C25H36N2O7/c1-6-21-24(17-8-10-20(33-4)11-9-17)23(25(32)27(7-2)34-5)16(3)26(21)13-12-18(28)14-19(29)15-22(30)31/h8-11,18-19,28-29H,6-7,12-15H2,1-5H3,(H,30,31)/t18-,19-/m1/s1. The topological polar surface area (TPSA) is 121 Å². The number of carboxylic acids is 1. The summed E-state index contributed by atoms with van der Waals surface area (Å²) in [6.07, 6.45) is -1.49. The zero-order valence-corrected chi connectivity index (χ0v) is 20.6. The number of aromatic nitrogens is 1. The summed E-state index contributed by atoms with van der Waals surface area (Å²) in [6, 6.07) is 7.51. The molecule has 0 spiro atoms. The number of nitrogens with zero attached hydrogens (tertiary/aromatic N) is 2. The molecule has 188 valence electrons. The number of carboxylic acid groups (broad SMARTS) is 1. The molecule has 1 aromatic carbocycles. The summed E-state index contributed by atoms with van der Waals surface area (Å²) in [5, 5.41) is 30.4. The van der Waals surface area contributed by atoms with Gasteiger partial charge < -0.3 is 24.6 Å². The van der Waals surface area contributed by atoms with Crippen LogP contribution in [-0.4, -0.2) is 69.8 Å². The van der Waals surface area contributed by atoms with Crippen LogP contribution < -0.4 is 4.74 Å². The van der Waals surface area contributed by atoms with Gasteiger partial charge in [0, 0.05) is 30.0 Å². The molecule has 1 heterocycles. The zero-order chi connectivity index (χ0) is 25.4. The van der Waals surface area contributed by atoms with E-state index in [1.807, 2.05) is 49.6 Å². The molecule has 2 rings (SSSR count). The third kappa shape index (κ3) is 6.37. The Kier molecular flexibility index (Phi) is 10.1. The van der Waals surface area contributed by atoms with E-state index in [4.69, 9.17) is 14.7 Å². The Morgan fingerprint density at radius 3 is 2.24 bits per heavy atom. The first-order chi connectivity index (χ1) is 16.2. The maximum Gasteiger partial charge on any atom is 0.305 e. The molecule has 0 bridgehead atoms. The first-order valence-electron chi connectivity index (χ1n) is 11.5. The van der Waals surface area contributed by atoms with E-state index in [0.29, 0.717) is 37.2 Å². The Hall–Kier alpha value is -2.88. The van der Waals surface area contributed by atoms with E-state index in [0.717, 1.165) is 22.5 Å². The van der Waals surface area contributed by atoms with Crippen LogP contribution >= 0.6 is 0 Å². The van der Waals surface area contributed by atoms with Crippen molar-refractivity contribution in [1.29, 1.82) is 0 Å². The fourth-order valence-corrected chi connectivity index (χ4v) is 4.27. The lowest BCUT2D eigenvalue weighted by Crippen LogP contribution is -2.30. The van der Waals surface area contributed by atoms with Gasteiger partial charge >= 0.3 is 5.97 Å². The van der Waals surface area contributed by atoms with Crippen molar-refractivity contribution < 1.29 is 34.5 Å². The van der Waals surface area contributed by atoms with Gasteiger partial charge in [-0.3, -0.25) is 14.4 Å². The molecule has 0 aliphatic carbocycles. The second-order valence-corrected chi connectivity index (χ2v) is 8.13. The molecule has 3 N–H and O–H groups in total. The van der Waals surface area contributed by atoms with Crippen molar-refractivity contribution in [2.45, 2.75) is 65.2 Å². The van der Waals surface area contributed by atoms with Crippen LogP contribution in [0.5, 0.6) is 5.75 Å². The minimum atomic E-state index is -1.12. The zero-order valence-electron chi connectivity index (χ0n) is 20.6. The molecule has 0 fully saturated rings. The quantitative estimate of drug-likeness (QED) is 0.380. The molecule has 2 atom stereocenters. The van der Waals surface area contributed by atoms with Gasteiger partial charge in [-0.15, -0.1) is 0 Å². The van der Waals surface area contributed by atoms with E-state index < -0.39 is 24.6 Å². The summed E-state index contributed by atoms with van der Waals surface area (Å²) < 4.78 is 7.29. The fourth-order valence-electron chi connectivity index (χ4n) is 4.27. The average Bonchev–Trinajstić information content (AvgIpc) is 3.08. The second-order valence-electron chi connectivity index (χ2n) is 8.13. The van der Waals surface area contributed by atoms with Crippen molar-refractivity contribution in [2.75, 3.05) is 20.8 Å².